The Morgan fingerprint density at radius 2 is 2.06 bits per heavy atom. The summed E-state index contributed by atoms with van der Waals surface area (Å²) in [6, 6.07) is 5.92. The first-order valence-electron chi connectivity index (χ1n) is 5.82. The van der Waals surface area contributed by atoms with Gasteiger partial charge >= 0.3 is 0 Å². The minimum absolute atomic E-state index is 0.772. The lowest BCUT2D eigenvalue weighted by molar-refractivity contribution is -0.104. The second-order valence-electron chi connectivity index (χ2n) is 3.83. The minimum Gasteiger partial charge on any atom is -0.496 e. The molecule has 0 aromatic heterocycles. The Morgan fingerprint density at radius 3 is 2.67 bits per heavy atom. The van der Waals surface area contributed by atoms with Crippen molar-refractivity contribution in [3.05, 3.63) is 53.6 Å². The third kappa shape index (κ3) is 3.74. The zero-order chi connectivity index (χ0) is 13.4. The van der Waals surface area contributed by atoms with Crippen molar-refractivity contribution in [3.8, 4) is 5.75 Å². The van der Waals surface area contributed by atoms with Crippen molar-refractivity contribution in [1.29, 1.82) is 0 Å². The molecule has 1 aromatic carbocycles. The lowest BCUT2D eigenvalue weighted by Gasteiger charge is -2.09. The lowest BCUT2D eigenvalue weighted by atomic mass is 10.0. The van der Waals surface area contributed by atoms with Crippen LogP contribution in [0.5, 0.6) is 5.75 Å². The second-order valence-corrected chi connectivity index (χ2v) is 3.83. The molecule has 0 aliphatic carbocycles. The van der Waals surface area contributed by atoms with Gasteiger partial charge in [-0.2, -0.15) is 0 Å². The largest absolute Gasteiger partial charge is 0.496 e. The molecule has 0 saturated carbocycles. The van der Waals surface area contributed by atoms with Crippen LogP contribution in [0.2, 0.25) is 0 Å². The summed E-state index contributed by atoms with van der Waals surface area (Å²) in [7, 11) is 1.63. The van der Waals surface area contributed by atoms with E-state index in [1.165, 1.54) is 6.08 Å². The fourth-order valence-electron chi connectivity index (χ4n) is 1.61. The smallest absolute Gasteiger partial charge is 0.143 e. The van der Waals surface area contributed by atoms with Crippen molar-refractivity contribution in [2.24, 2.45) is 0 Å². The maximum Gasteiger partial charge on any atom is 0.143 e. The molecule has 2 nitrogen and oxygen atoms in total. The number of carbonyl (C=O) groups is 1. The normalized spacial score (nSPS) is 12.3. The standard InChI is InChI=1S/C16H18O2/c1-4-5-6-7-14-8-9-15(13(2)10-11-17)16(12-14)18-3/h4-12H,1-3H3/b5-4-,7-6-,13-10-. The molecular weight excluding hydrogens is 224 g/mol. The van der Waals surface area contributed by atoms with E-state index in [1.54, 1.807) is 7.11 Å². The van der Waals surface area contributed by atoms with Crippen molar-refractivity contribution in [1.82, 2.24) is 0 Å². The van der Waals surface area contributed by atoms with E-state index in [0.29, 0.717) is 0 Å². The molecule has 18 heavy (non-hydrogen) atoms. The molecule has 0 spiro atoms. The summed E-state index contributed by atoms with van der Waals surface area (Å²) in [5.41, 5.74) is 2.89. The van der Waals surface area contributed by atoms with Gasteiger partial charge in [-0.25, -0.2) is 0 Å². The predicted octanol–water partition coefficient (Wildman–Crippen LogP) is 3.89. The van der Waals surface area contributed by atoms with E-state index in [-0.39, 0.29) is 0 Å². The highest BCUT2D eigenvalue weighted by Crippen LogP contribution is 2.27. The zero-order valence-corrected chi connectivity index (χ0v) is 11.0. The van der Waals surface area contributed by atoms with Gasteiger partial charge in [0.2, 0.25) is 0 Å². The number of rotatable bonds is 5. The van der Waals surface area contributed by atoms with Gasteiger partial charge in [-0.15, -0.1) is 0 Å². The number of aldehydes is 1. The molecule has 0 atom stereocenters. The Kier molecular flexibility index (Phi) is 5.65. The average Bonchev–Trinajstić information content (AvgIpc) is 2.39. The molecule has 2 heteroatoms. The third-order valence-electron chi connectivity index (χ3n) is 2.56. The van der Waals surface area contributed by atoms with E-state index in [2.05, 4.69) is 0 Å². The number of benzene rings is 1. The van der Waals surface area contributed by atoms with E-state index in [1.807, 2.05) is 56.4 Å². The third-order valence-corrected chi connectivity index (χ3v) is 2.56. The van der Waals surface area contributed by atoms with Crippen LogP contribution in [0.25, 0.3) is 11.6 Å². The van der Waals surface area contributed by atoms with E-state index in [4.69, 9.17) is 4.74 Å². The number of allylic oxidation sites excluding steroid dienone is 5. The number of methoxy groups -OCH3 is 1. The van der Waals surface area contributed by atoms with Crippen LogP contribution in [0.3, 0.4) is 0 Å². The van der Waals surface area contributed by atoms with Crippen LogP contribution in [0.4, 0.5) is 0 Å². The van der Waals surface area contributed by atoms with Gasteiger partial charge in [-0.05, 0) is 37.1 Å². The molecule has 1 aromatic rings. The van der Waals surface area contributed by atoms with Crippen LogP contribution < -0.4 is 4.74 Å². The molecule has 0 unspecified atom stereocenters. The summed E-state index contributed by atoms with van der Waals surface area (Å²) in [5, 5.41) is 0. The van der Waals surface area contributed by atoms with Gasteiger partial charge < -0.3 is 4.74 Å². The summed E-state index contributed by atoms with van der Waals surface area (Å²) >= 11 is 0. The monoisotopic (exact) mass is 242 g/mol. The molecule has 1 rings (SSSR count). The van der Waals surface area contributed by atoms with Crippen LogP contribution in [-0.4, -0.2) is 13.4 Å². The van der Waals surface area contributed by atoms with Crippen LogP contribution in [0.1, 0.15) is 25.0 Å². The Bertz CT molecular complexity index is 494. The predicted molar refractivity (Wildman–Crippen MR) is 76.6 cm³/mol. The molecule has 0 saturated heterocycles. The first kappa shape index (κ1) is 14.0. The highest BCUT2D eigenvalue weighted by Gasteiger charge is 2.04. The minimum atomic E-state index is 0.772. The van der Waals surface area contributed by atoms with E-state index in [9.17, 15) is 4.79 Å². The van der Waals surface area contributed by atoms with Crippen molar-refractivity contribution >= 4 is 17.9 Å². The molecule has 0 heterocycles. The van der Waals surface area contributed by atoms with Gasteiger partial charge in [0.15, 0.2) is 0 Å². The van der Waals surface area contributed by atoms with Crippen LogP contribution >= 0.6 is 0 Å². The molecule has 0 aliphatic rings. The Hall–Kier alpha value is -2.09. The Morgan fingerprint density at radius 1 is 1.28 bits per heavy atom. The fourth-order valence-corrected chi connectivity index (χ4v) is 1.61. The van der Waals surface area contributed by atoms with Gasteiger partial charge in [0.1, 0.15) is 12.0 Å². The van der Waals surface area contributed by atoms with Gasteiger partial charge in [-0.3, -0.25) is 4.79 Å². The molecule has 0 amide bonds. The fraction of sp³-hybridized carbons (Fsp3) is 0.188. The number of hydrogen-bond donors (Lipinski definition) is 0. The molecule has 94 valence electrons. The maximum absolute atomic E-state index is 10.5. The van der Waals surface area contributed by atoms with Crippen LogP contribution in [-0.2, 0) is 4.79 Å². The quantitative estimate of drug-likeness (QED) is 0.445. The zero-order valence-electron chi connectivity index (χ0n) is 11.0. The highest BCUT2D eigenvalue weighted by molar-refractivity contribution is 5.83. The first-order valence-corrected chi connectivity index (χ1v) is 5.82. The van der Waals surface area contributed by atoms with Gasteiger partial charge in [-0.1, -0.05) is 36.4 Å². The Labute approximate surface area is 108 Å². The number of ether oxygens (including phenoxy) is 1. The maximum atomic E-state index is 10.5. The first-order chi connectivity index (χ1) is 8.72. The molecule has 0 radical (unpaired) electrons. The summed E-state index contributed by atoms with van der Waals surface area (Å²) in [6.07, 6.45) is 10.2. The topological polar surface area (TPSA) is 26.3 Å². The van der Waals surface area contributed by atoms with Crippen molar-refractivity contribution < 1.29 is 9.53 Å². The number of carbonyl (C=O) groups excluding carboxylic acids is 1. The molecule has 0 fully saturated rings. The summed E-state index contributed by atoms with van der Waals surface area (Å²) in [4.78, 5) is 10.5. The van der Waals surface area contributed by atoms with Gasteiger partial charge in [0, 0.05) is 5.56 Å². The number of hydrogen-bond acceptors (Lipinski definition) is 2. The van der Waals surface area contributed by atoms with Gasteiger partial charge in [0.05, 0.1) is 7.11 Å². The molecule has 0 bridgehead atoms. The lowest BCUT2D eigenvalue weighted by Crippen LogP contribution is -1.91. The molecular formula is C16H18O2. The van der Waals surface area contributed by atoms with E-state index in [0.717, 1.165) is 28.7 Å². The summed E-state index contributed by atoms with van der Waals surface area (Å²) in [6.45, 7) is 3.86. The SMILES string of the molecule is C/C=C\C=C/c1ccc(/C(C)=C\C=O)c(OC)c1. The van der Waals surface area contributed by atoms with E-state index < -0.39 is 0 Å². The average molecular weight is 242 g/mol. The van der Waals surface area contributed by atoms with Crippen molar-refractivity contribution in [2.75, 3.05) is 7.11 Å². The van der Waals surface area contributed by atoms with Gasteiger partial charge in [0.25, 0.3) is 0 Å². The van der Waals surface area contributed by atoms with Crippen molar-refractivity contribution in [2.45, 2.75) is 13.8 Å². The molecule has 0 aliphatic heterocycles. The molecule has 0 N–H and O–H groups in total. The second kappa shape index (κ2) is 7.28. The summed E-state index contributed by atoms with van der Waals surface area (Å²) < 4.78 is 5.35. The summed E-state index contributed by atoms with van der Waals surface area (Å²) in [5.74, 6) is 0.772. The van der Waals surface area contributed by atoms with Crippen LogP contribution in [0, 0.1) is 0 Å². The van der Waals surface area contributed by atoms with E-state index >= 15 is 0 Å². The van der Waals surface area contributed by atoms with Crippen molar-refractivity contribution in [3.63, 3.8) is 0 Å². The highest BCUT2D eigenvalue weighted by atomic mass is 16.5. The Balaban J connectivity index is 3.11. The van der Waals surface area contributed by atoms with Crippen LogP contribution in [0.15, 0.2) is 42.5 Å².